The molecule has 8 heteroatoms. The van der Waals surface area contributed by atoms with Gasteiger partial charge >= 0.3 is 5.97 Å². The first-order valence-corrected chi connectivity index (χ1v) is 11.7. The van der Waals surface area contributed by atoms with E-state index in [0.717, 1.165) is 35.1 Å². The van der Waals surface area contributed by atoms with Gasteiger partial charge in [0.1, 0.15) is 11.5 Å². The second kappa shape index (κ2) is 10.3. The van der Waals surface area contributed by atoms with E-state index in [0.29, 0.717) is 35.3 Å². The van der Waals surface area contributed by atoms with Crippen molar-refractivity contribution in [1.82, 2.24) is 9.88 Å². The van der Waals surface area contributed by atoms with Gasteiger partial charge < -0.3 is 19.5 Å². The maximum absolute atomic E-state index is 13.5. The Morgan fingerprint density at radius 3 is 2.54 bits per heavy atom. The maximum Gasteiger partial charge on any atom is 0.339 e. The number of hydrogen-bond donors (Lipinski definition) is 1. The van der Waals surface area contributed by atoms with E-state index in [1.165, 1.54) is 14.2 Å². The zero-order valence-electron chi connectivity index (χ0n) is 20.8. The van der Waals surface area contributed by atoms with Crippen LogP contribution in [-0.4, -0.2) is 54.7 Å². The molecule has 3 aromatic rings. The Bertz CT molecular complexity index is 1260. The van der Waals surface area contributed by atoms with Crippen molar-refractivity contribution in [3.63, 3.8) is 0 Å². The molecule has 2 heterocycles. The molecule has 2 aromatic carbocycles. The summed E-state index contributed by atoms with van der Waals surface area (Å²) < 4.78 is 16.3. The van der Waals surface area contributed by atoms with Crippen molar-refractivity contribution in [3.05, 3.63) is 59.3 Å². The van der Waals surface area contributed by atoms with E-state index in [-0.39, 0.29) is 0 Å². The van der Waals surface area contributed by atoms with Crippen LogP contribution in [0.5, 0.6) is 11.5 Å². The highest BCUT2D eigenvalue weighted by molar-refractivity contribution is 6.06. The van der Waals surface area contributed by atoms with E-state index in [9.17, 15) is 9.59 Å². The van der Waals surface area contributed by atoms with Crippen LogP contribution in [0.4, 0.5) is 5.69 Å². The molecule has 8 nitrogen and oxygen atoms in total. The van der Waals surface area contributed by atoms with Gasteiger partial charge in [-0.15, -0.1) is 0 Å². The highest BCUT2D eigenvalue weighted by Crippen LogP contribution is 2.31. The van der Waals surface area contributed by atoms with Gasteiger partial charge in [0.25, 0.3) is 5.91 Å². The van der Waals surface area contributed by atoms with Crippen LogP contribution in [0.1, 0.15) is 42.4 Å². The van der Waals surface area contributed by atoms with E-state index in [1.807, 2.05) is 24.3 Å². The molecular formula is C27H31N3O5. The molecule has 1 unspecified atom stereocenters. The van der Waals surface area contributed by atoms with Gasteiger partial charge in [-0.2, -0.15) is 0 Å². The molecular weight excluding hydrogens is 446 g/mol. The Morgan fingerprint density at radius 2 is 1.83 bits per heavy atom. The highest BCUT2D eigenvalue weighted by Gasteiger charge is 2.29. The molecule has 184 valence electrons. The van der Waals surface area contributed by atoms with Gasteiger partial charge in [-0.25, -0.2) is 4.79 Å². The number of ether oxygens (including phenoxy) is 3. The summed E-state index contributed by atoms with van der Waals surface area (Å²) >= 11 is 0. The normalized spacial score (nSPS) is 14.3. The topological polar surface area (TPSA) is 90.0 Å². The number of carbonyl (C=O) groups is 2. The number of hydrogen-bond acceptors (Lipinski definition) is 7. The molecule has 1 amide bonds. The number of rotatable bonds is 7. The van der Waals surface area contributed by atoms with Crippen molar-refractivity contribution in [3.8, 4) is 11.5 Å². The molecule has 1 aliphatic rings. The second-order valence-electron chi connectivity index (χ2n) is 8.85. The molecule has 0 radical (unpaired) electrons. The molecule has 0 saturated carbocycles. The number of nitrogens with one attached hydrogen (secondary N) is 1. The number of esters is 1. The lowest BCUT2D eigenvalue weighted by Crippen LogP contribution is -2.37. The number of para-hydroxylation sites is 1. The number of pyridine rings is 1. The number of fused-ring (bicyclic) bond motifs is 2. The third-order valence-electron chi connectivity index (χ3n) is 6.33. The fourth-order valence-electron chi connectivity index (χ4n) is 4.30. The molecule has 1 aliphatic heterocycles. The summed E-state index contributed by atoms with van der Waals surface area (Å²) in [6.45, 7) is 7.31. The number of carbonyl (C=O) groups excluding carboxylic acids is 2. The third kappa shape index (κ3) is 5.07. The minimum absolute atomic E-state index is 0.334. The minimum Gasteiger partial charge on any atom is -0.497 e. The Morgan fingerprint density at radius 1 is 1.06 bits per heavy atom. The van der Waals surface area contributed by atoms with Crippen molar-refractivity contribution in [1.29, 1.82) is 0 Å². The van der Waals surface area contributed by atoms with Crippen molar-refractivity contribution in [2.75, 3.05) is 26.1 Å². The first-order valence-electron chi connectivity index (χ1n) is 11.7. The summed E-state index contributed by atoms with van der Waals surface area (Å²) in [5.41, 5.74) is 3.43. The summed E-state index contributed by atoms with van der Waals surface area (Å²) in [4.78, 5) is 33.6. The van der Waals surface area contributed by atoms with E-state index in [2.05, 4.69) is 24.1 Å². The molecule has 1 N–H and O–H groups in total. The first kappa shape index (κ1) is 24.5. The third-order valence-corrected chi connectivity index (χ3v) is 6.33. The molecule has 1 atom stereocenters. The van der Waals surface area contributed by atoms with Crippen LogP contribution in [0, 0.1) is 0 Å². The number of benzene rings is 2. The van der Waals surface area contributed by atoms with E-state index in [1.54, 1.807) is 25.1 Å². The standard InChI is InChI=1S/C27H31N3O5/c1-16(2)30-13-12-22-20(15-30)25(19-8-6-7-9-21(19)28-22)27(32)35-17(3)26(31)29-23-14-18(33-4)10-11-24(23)34-5/h6-11,14,16-17H,12-13,15H2,1-5H3,(H,29,31). The Labute approximate surface area is 205 Å². The fraction of sp³-hybridized carbons (Fsp3) is 0.370. The Balaban J connectivity index is 1.61. The largest absolute Gasteiger partial charge is 0.497 e. The van der Waals surface area contributed by atoms with Crippen molar-refractivity contribution in [2.45, 2.75) is 45.9 Å². The average Bonchev–Trinajstić information content (AvgIpc) is 2.86. The van der Waals surface area contributed by atoms with Crippen LogP contribution in [0.3, 0.4) is 0 Å². The lowest BCUT2D eigenvalue weighted by molar-refractivity contribution is -0.123. The van der Waals surface area contributed by atoms with Crippen LogP contribution in [0.15, 0.2) is 42.5 Å². The molecule has 35 heavy (non-hydrogen) atoms. The summed E-state index contributed by atoms with van der Waals surface area (Å²) in [6.07, 6.45) is -0.282. The summed E-state index contributed by atoms with van der Waals surface area (Å²) in [7, 11) is 3.05. The Hall–Kier alpha value is -3.65. The van der Waals surface area contributed by atoms with E-state index in [4.69, 9.17) is 19.2 Å². The van der Waals surface area contributed by atoms with Gasteiger partial charge in [0.05, 0.1) is 31.0 Å². The SMILES string of the molecule is COc1ccc(OC)c(NC(=O)C(C)OC(=O)c2c3c(nc4ccccc24)CCN(C(C)C)C3)c1. The van der Waals surface area contributed by atoms with Crippen LogP contribution in [0.2, 0.25) is 0 Å². The lowest BCUT2D eigenvalue weighted by atomic mass is 9.95. The predicted octanol–water partition coefficient (Wildman–Crippen LogP) is 4.20. The second-order valence-corrected chi connectivity index (χ2v) is 8.85. The first-order chi connectivity index (χ1) is 16.8. The average molecular weight is 478 g/mol. The summed E-state index contributed by atoms with van der Waals surface area (Å²) in [5, 5.41) is 3.50. The van der Waals surface area contributed by atoms with Gasteiger partial charge in [0.15, 0.2) is 6.10 Å². The molecule has 0 aliphatic carbocycles. The van der Waals surface area contributed by atoms with Gasteiger partial charge in [0, 0.05) is 48.3 Å². The van der Waals surface area contributed by atoms with Crippen LogP contribution in [-0.2, 0) is 22.5 Å². The molecule has 1 aromatic heterocycles. The van der Waals surface area contributed by atoms with Crippen molar-refractivity contribution in [2.24, 2.45) is 0 Å². The van der Waals surface area contributed by atoms with Crippen molar-refractivity contribution >= 4 is 28.5 Å². The van der Waals surface area contributed by atoms with Crippen LogP contribution >= 0.6 is 0 Å². The van der Waals surface area contributed by atoms with Gasteiger partial charge in [-0.1, -0.05) is 18.2 Å². The van der Waals surface area contributed by atoms with Gasteiger partial charge in [0.2, 0.25) is 0 Å². The van der Waals surface area contributed by atoms with Crippen molar-refractivity contribution < 1.29 is 23.8 Å². The van der Waals surface area contributed by atoms with Gasteiger partial charge in [-0.05, 0) is 39.0 Å². The van der Waals surface area contributed by atoms with E-state index >= 15 is 0 Å². The molecule has 0 saturated heterocycles. The zero-order valence-corrected chi connectivity index (χ0v) is 20.8. The number of nitrogens with zero attached hydrogens (tertiary/aromatic N) is 2. The molecule has 0 fully saturated rings. The zero-order chi connectivity index (χ0) is 25.1. The maximum atomic E-state index is 13.5. The Kier molecular flexibility index (Phi) is 7.21. The minimum atomic E-state index is -1.04. The smallest absolute Gasteiger partial charge is 0.339 e. The molecule has 0 bridgehead atoms. The summed E-state index contributed by atoms with van der Waals surface area (Å²) in [6, 6.07) is 13.0. The molecule has 4 rings (SSSR count). The number of methoxy groups -OCH3 is 2. The quantitative estimate of drug-likeness (QED) is 0.510. The van der Waals surface area contributed by atoms with Crippen LogP contribution in [0.25, 0.3) is 10.9 Å². The number of aromatic nitrogens is 1. The number of amides is 1. The highest BCUT2D eigenvalue weighted by atomic mass is 16.5. The van der Waals surface area contributed by atoms with Gasteiger partial charge in [-0.3, -0.25) is 14.7 Å². The predicted molar refractivity (Wildman–Crippen MR) is 134 cm³/mol. The number of anilines is 1. The van der Waals surface area contributed by atoms with E-state index < -0.39 is 18.0 Å². The molecule has 0 spiro atoms. The summed E-state index contributed by atoms with van der Waals surface area (Å²) in [5.74, 6) is 0.0302. The monoisotopic (exact) mass is 477 g/mol. The fourth-order valence-corrected chi connectivity index (χ4v) is 4.30. The van der Waals surface area contributed by atoms with Crippen LogP contribution < -0.4 is 14.8 Å². The lowest BCUT2D eigenvalue weighted by Gasteiger charge is -2.32.